The van der Waals surface area contributed by atoms with Crippen LogP contribution in [0.3, 0.4) is 0 Å². The Bertz CT molecular complexity index is 560. The van der Waals surface area contributed by atoms with Gasteiger partial charge < -0.3 is 9.30 Å². The Kier molecular flexibility index (Phi) is 3.94. The van der Waals surface area contributed by atoms with Crippen molar-refractivity contribution in [2.24, 2.45) is 0 Å². The molecule has 0 unspecified atom stereocenters. The molecule has 0 aliphatic heterocycles. The van der Waals surface area contributed by atoms with Crippen LogP contribution in [0.25, 0.3) is 10.9 Å². The number of aryl methyl sites for hydroxylation is 1. The van der Waals surface area contributed by atoms with Crippen molar-refractivity contribution in [3.8, 4) is 18.1 Å². The summed E-state index contributed by atoms with van der Waals surface area (Å²) < 4.78 is 7.94. The van der Waals surface area contributed by atoms with Crippen LogP contribution in [-0.2, 0) is 6.54 Å². The highest BCUT2D eigenvalue weighted by atomic mass is 16.5. The lowest BCUT2D eigenvalue weighted by Gasteiger charge is -2.10. The van der Waals surface area contributed by atoms with Crippen molar-refractivity contribution >= 4 is 10.9 Å². The van der Waals surface area contributed by atoms with Gasteiger partial charge in [0.1, 0.15) is 5.75 Å². The predicted octanol–water partition coefficient (Wildman–Crippen LogP) is 3.84. The number of fused-ring (bicyclic) bond motifs is 1. The highest BCUT2D eigenvalue weighted by Gasteiger charge is 2.03. The molecular formula is C16H19NO. The first-order chi connectivity index (χ1) is 8.70. The number of ether oxygens (including phenoxy) is 1. The summed E-state index contributed by atoms with van der Waals surface area (Å²) in [4.78, 5) is 0. The average molecular weight is 241 g/mol. The van der Waals surface area contributed by atoms with Crippen LogP contribution in [-0.4, -0.2) is 10.7 Å². The van der Waals surface area contributed by atoms with Gasteiger partial charge in [-0.1, -0.05) is 0 Å². The van der Waals surface area contributed by atoms with Crippen LogP contribution in [0.2, 0.25) is 0 Å². The first-order valence-corrected chi connectivity index (χ1v) is 6.39. The first-order valence-electron chi connectivity index (χ1n) is 6.39. The molecule has 2 nitrogen and oxygen atoms in total. The minimum Gasteiger partial charge on any atom is -0.491 e. The molecule has 0 amide bonds. The van der Waals surface area contributed by atoms with Gasteiger partial charge in [-0.3, -0.25) is 0 Å². The van der Waals surface area contributed by atoms with Gasteiger partial charge in [-0.05, 0) is 44.5 Å². The molecule has 0 fully saturated rings. The Labute approximate surface area is 109 Å². The quantitative estimate of drug-likeness (QED) is 0.573. The van der Waals surface area contributed by atoms with E-state index in [1.165, 1.54) is 10.9 Å². The second-order valence-electron chi connectivity index (χ2n) is 4.70. The van der Waals surface area contributed by atoms with Crippen molar-refractivity contribution in [2.75, 3.05) is 0 Å². The molecule has 1 aromatic heterocycles. The lowest BCUT2D eigenvalue weighted by molar-refractivity contribution is 0.243. The summed E-state index contributed by atoms with van der Waals surface area (Å²) in [5.74, 6) is 3.61. The third-order valence-electron chi connectivity index (χ3n) is 2.83. The van der Waals surface area contributed by atoms with Gasteiger partial charge in [0.05, 0.1) is 6.10 Å². The number of hydrogen-bond acceptors (Lipinski definition) is 1. The van der Waals surface area contributed by atoms with E-state index in [0.29, 0.717) is 0 Å². The van der Waals surface area contributed by atoms with E-state index in [9.17, 15) is 0 Å². The van der Waals surface area contributed by atoms with Crippen molar-refractivity contribution in [2.45, 2.75) is 39.3 Å². The van der Waals surface area contributed by atoms with Gasteiger partial charge in [0.15, 0.2) is 0 Å². The molecule has 0 atom stereocenters. The molecule has 0 N–H and O–H groups in total. The monoisotopic (exact) mass is 241 g/mol. The maximum atomic E-state index is 5.69. The molecule has 0 aliphatic carbocycles. The Balaban J connectivity index is 2.18. The second kappa shape index (κ2) is 5.64. The molecule has 2 aromatic rings. The SMILES string of the molecule is C#CCCCn1ccc2cc(OC(C)C)ccc21. The van der Waals surface area contributed by atoms with Crippen LogP contribution < -0.4 is 4.74 Å². The summed E-state index contributed by atoms with van der Waals surface area (Å²) in [6, 6.07) is 8.36. The normalized spacial score (nSPS) is 10.8. The lowest BCUT2D eigenvalue weighted by Crippen LogP contribution is -2.05. The Morgan fingerprint density at radius 1 is 1.33 bits per heavy atom. The summed E-state index contributed by atoms with van der Waals surface area (Å²) in [5, 5.41) is 1.22. The van der Waals surface area contributed by atoms with Crippen molar-refractivity contribution in [3.63, 3.8) is 0 Å². The molecule has 0 saturated carbocycles. The van der Waals surface area contributed by atoms with Crippen LogP contribution in [0.5, 0.6) is 5.75 Å². The lowest BCUT2D eigenvalue weighted by atomic mass is 10.2. The van der Waals surface area contributed by atoms with Gasteiger partial charge in [0.25, 0.3) is 0 Å². The number of hydrogen-bond donors (Lipinski definition) is 0. The third kappa shape index (κ3) is 2.87. The van der Waals surface area contributed by atoms with Crippen LogP contribution in [0.15, 0.2) is 30.5 Å². The second-order valence-corrected chi connectivity index (χ2v) is 4.70. The number of rotatable bonds is 5. The zero-order valence-electron chi connectivity index (χ0n) is 11.0. The highest BCUT2D eigenvalue weighted by molar-refractivity contribution is 5.81. The Morgan fingerprint density at radius 3 is 2.89 bits per heavy atom. The van der Waals surface area contributed by atoms with E-state index < -0.39 is 0 Å². The molecule has 18 heavy (non-hydrogen) atoms. The minimum absolute atomic E-state index is 0.208. The summed E-state index contributed by atoms with van der Waals surface area (Å²) in [6.45, 7) is 5.04. The van der Waals surface area contributed by atoms with Gasteiger partial charge in [-0.25, -0.2) is 0 Å². The molecule has 0 saturated heterocycles. The highest BCUT2D eigenvalue weighted by Crippen LogP contribution is 2.23. The standard InChI is InChI=1S/C16H19NO/c1-4-5-6-10-17-11-9-14-12-15(18-13(2)3)7-8-16(14)17/h1,7-9,11-13H,5-6,10H2,2-3H3. The van der Waals surface area contributed by atoms with Crippen molar-refractivity contribution in [3.05, 3.63) is 30.5 Å². The van der Waals surface area contributed by atoms with E-state index in [0.717, 1.165) is 25.1 Å². The molecule has 0 spiro atoms. The van der Waals surface area contributed by atoms with Gasteiger partial charge in [0, 0.05) is 30.1 Å². The fourth-order valence-electron chi connectivity index (χ4n) is 2.07. The fourth-order valence-corrected chi connectivity index (χ4v) is 2.07. The summed E-state index contributed by atoms with van der Waals surface area (Å²) in [7, 11) is 0. The molecule has 2 heteroatoms. The largest absolute Gasteiger partial charge is 0.491 e. The zero-order chi connectivity index (χ0) is 13.0. The fraction of sp³-hybridized carbons (Fsp3) is 0.375. The molecule has 1 aromatic carbocycles. The van der Waals surface area contributed by atoms with E-state index in [1.54, 1.807) is 0 Å². The zero-order valence-corrected chi connectivity index (χ0v) is 11.0. The summed E-state index contributed by atoms with van der Waals surface area (Å²) in [6.07, 6.45) is 9.44. The van der Waals surface area contributed by atoms with E-state index >= 15 is 0 Å². The smallest absolute Gasteiger partial charge is 0.120 e. The molecule has 0 bridgehead atoms. The van der Waals surface area contributed by atoms with Gasteiger partial charge in [-0.15, -0.1) is 12.3 Å². The van der Waals surface area contributed by atoms with Gasteiger partial charge in [0.2, 0.25) is 0 Å². The van der Waals surface area contributed by atoms with Crippen LogP contribution in [0.4, 0.5) is 0 Å². The number of unbranched alkanes of at least 4 members (excludes halogenated alkanes) is 1. The molecule has 1 heterocycles. The molecule has 0 radical (unpaired) electrons. The summed E-state index contributed by atoms with van der Waals surface area (Å²) >= 11 is 0. The maximum Gasteiger partial charge on any atom is 0.120 e. The number of benzene rings is 1. The van der Waals surface area contributed by atoms with Crippen molar-refractivity contribution in [1.82, 2.24) is 4.57 Å². The van der Waals surface area contributed by atoms with E-state index in [-0.39, 0.29) is 6.10 Å². The minimum atomic E-state index is 0.208. The molecular weight excluding hydrogens is 222 g/mol. The van der Waals surface area contributed by atoms with Gasteiger partial charge >= 0.3 is 0 Å². The van der Waals surface area contributed by atoms with Crippen LogP contribution >= 0.6 is 0 Å². The Morgan fingerprint density at radius 2 is 2.17 bits per heavy atom. The number of terminal acetylenes is 1. The predicted molar refractivity (Wildman–Crippen MR) is 75.8 cm³/mol. The average Bonchev–Trinajstić information content (AvgIpc) is 2.71. The van der Waals surface area contributed by atoms with E-state index in [2.05, 4.69) is 34.9 Å². The van der Waals surface area contributed by atoms with Crippen LogP contribution in [0.1, 0.15) is 26.7 Å². The van der Waals surface area contributed by atoms with Crippen molar-refractivity contribution in [1.29, 1.82) is 0 Å². The molecule has 0 aliphatic rings. The topological polar surface area (TPSA) is 14.2 Å². The maximum absolute atomic E-state index is 5.69. The van der Waals surface area contributed by atoms with Gasteiger partial charge in [-0.2, -0.15) is 0 Å². The number of aromatic nitrogens is 1. The number of nitrogens with zero attached hydrogens (tertiary/aromatic N) is 1. The van der Waals surface area contributed by atoms with E-state index in [1.807, 2.05) is 19.9 Å². The summed E-state index contributed by atoms with van der Waals surface area (Å²) in [5.41, 5.74) is 1.24. The van der Waals surface area contributed by atoms with Crippen molar-refractivity contribution < 1.29 is 4.74 Å². The van der Waals surface area contributed by atoms with Crippen LogP contribution in [0, 0.1) is 12.3 Å². The van der Waals surface area contributed by atoms with E-state index in [4.69, 9.17) is 11.2 Å². The Hall–Kier alpha value is -1.88. The third-order valence-corrected chi connectivity index (χ3v) is 2.83. The molecule has 2 rings (SSSR count). The first kappa shape index (κ1) is 12.6. The molecule has 94 valence electrons.